The van der Waals surface area contributed by atoms with Gasteiger partial charge >= 0.3 is 0 Å². The van der Waals surface area contributed by atoms with E-state index in [2.05, 4.69) is 15.5 Å². The Morgan fingerprint density at radius 1 is 1.00 bits per heavy atom. The second kappa shape index (κ2) is 8.07. The first-order valence-electron chi connectivity index (χ1n) is 8.56. The van der Waals surface area contributed by atoms with Crippen LogP contribution in [-0.2, 0) is 0 Å². The number of rotatable bonds is 7. The number of hydrogen-bond acceptors (Lipinski definition) is 7. The van der Waals surface area contributed by atoms with Gasteiger partial charge < -0.3 is 5.32 Å². The highest BCUT2D eigenvalue weighted by atomic mass is 32.2. The zero-order valence-electron chi connectivity index (χ0n) is 14.6. The minimum absolute atomic E-state index is 0.238. The fourth-order valence-corrected chi connectivity index (χ4v) is 4.58. The Morgan fingerprint density at radius 3 is 2.39 bits per heavy atom. The van der Waals surface area contributed by atoms with E-state index >= 15 is 0 Å². The number of para-hydroxylation sites is 1. The van der Waals surface area contributed by atoms with Gasteiger partial charge in [0.25, 0.3) is 11.8 Å². The van der Waals surface area contributed by atoms with E-state index < -0.39 is 0 Å². The Bertz CT molecular complexity index is 1010. The highest BCUT2D eigenvalue weighted by Gasteiger charge is 2.34. The molecule has 0 radical (unpaired) electrons. The lowest BCUT2D eigenvalue weighted by Crippen LogP contribution is -2.30. The summed E-state index contributed by atoms with van der Waals surface area (Å²) in [5.74, 6) is -0.148. The summed E-state index contributed by atoms with van der Waals surface area (Å²) >= 11 is 2.81. The van der Waals surface area contributed by atoms with Gasteiger partial charge in [0.05, 0.1) is 16.8 Å². The summed E-state index contributed by atoms with van der Waals surface area (Å²) in [7, 11) is 0. The van der Waals surface area contributed by atoms with Crippen molar-refractivity contribution in [1.29, 1.82) is 0 Å². The van der Waals surface area contributed by atoms with Crippen molar-refractivity contribution in [3.8, 4) is 0 Å². The van der Waals surface area contributed by atoms with E-state index in [0.29, 0.717) is 40.7 Å². The van der Waals surface area contributed by atoms with Crippen molar-refractivity contribution >= 4 is 45.7 Å². The molecule has 0 unspecified atom stereocenters. The number of aromatic nitrogens is 2. The van der Waals surface area contributed by atoms with E-state index in [4.69, 9.17) is 0 Å². The summed E-state index contributed by atoms with van der Waals surface area (Å²) in [5.41, 5.74) is 1.28. The molecule has 2 aromatic carbocycles. The Labute approximate surface area is 168 Å². The molecule has 4 rings (SSSR count). The maximum absolute atomic E-state index is 13.7. The lowest BCUT2D eigenvalue weighted by molar-refractivity contribution is 0.0655. The molecule has 142 valence electrons. The number of nitrogens with zero attached hydrogens (tertiary/aromatic N) is 3. The van der Waals surface area contributed by atoms with Crippen LogP contribution in [0.2, 0.25) is 0 Å². The van der Waals surface area contributed by atoms with Gasteiger partial charge in [-0.2, -0.15) is 0 Å². The molecule has 3 aromatic rings. The van der Waals surface area contributed by atoms with Crippen molar-refractivity contribution in [2.24, 2.45) is 0 Å². The number of amides is 2. The summed E-state index contributed by atoms with van der Waals surface area (Å²) in [6, 6.07) is 13.2. The van der Waals surface area contributed by atoms with Gasteiger partial charge in [-0.05, 0) is 30.7 Å². The number of carbonyl (C=O) groups is 2. The normalized spacial score (nSPS) is 13.1. The molecular formula is C19H15FN4O2S2. The number of thioether (sulfide) groups is 1. The number of nitrogens with one attached hydrogen (secondary N) is 1. The number of carbonyl (C=O) groups excluding carboxylic acids is 2. The van der Waals surface area contributed by atoms with Crippen LogP contribution in [0.4, 0.5) is 15.2 Å². The van der Waals surface area contributed by atoms with Gasteiger partial charge in [-0.15, -0.1) is 10.2 Å². The quantitative estimate of drug-likeness (QED) is 0.355. The molecule has 0 fully saturated rings. The SMILES string of the molecule is O=C1c2ccccc2C(=O)N1CCCSc1nnc(Nc2ccccc2F)s1. The summed E-state index contributed by atoms with van der Waals surface area (Å²) in [6.45, 7) is 0.360. The average Bonchev–Trinajstić information content (AvgIpc) is 3.25. The molecule has 9 heteroatoms. The van der Waals surface area contributed by atoms with Gasteiger partial charge in [-0.3, -0.25) is 14.5 Å². The highest BCUT2D eigenvalue weighted by molar-refractivity contribution is 8.01. The van der Waals surface area contributed by atoms with Gasteiger partial charge in [0.2, 0.25) is 5.13 Å². The molecular weight excluding hydrogens is 399 g/mol. The highest BCUT2D eigenvalue weighted by Crippen LogP contribution is 2.29. The molecule has 6 nitrogen and oxygen atoms in total. The van der Waals surface area contributed by atoms with E-state index in [1.54, 1.807) is 42.5 Å². The number of anilines is 2. The summed E-state index contributed by atoms with van der Waals surface area (Å²) in [4.78, 5) is 25.9. The minimum Gasteiger partial charge on any atom is -0.328 e. The zero-order valence-corrected chi connectivity index (χ0v) is 16.2. The van der Waals surface area contributed by atoms with Crippen molar-refractivity contribution in [2.75, 3.05) is 17.6 Å². The monoisotopic (exact) mass is 414 g/mol. The first kappa shape index (κ1) is 18.6. The number of benzene rings is 2. The van der Waals surface area contributed by atoms with Gasteiger partial charge in [0.15, 0.2) is 4.34 Å². The summed E-state index contributed by atoms with van der Waals surface area (Å²) in [5, 5.41) is 11.5. The maximum atomic E-state index is 13.7. The molecule has 1 aliphatic rings. The van der Waals surface area contributed by atoms with Gasteiger partial charge in [0.1, 0.15) is 5.82 Å². The Kier molecular flexibility index (Phi) is 5.36. The van der Waals surface area contributed by atoms with E-state index in [1.165, 1.54) is 34.1 Å². The molecule has 2 heterocycles. The van der Waals surface area contributed by atoms with Crippen LogP contribution in [0.1, 0.15) is 27.1 Å². The van der Waals surface area contributed by atoms with Crippen LogP contribution in [0.25, 0.3) is 0 Å². The van der Waals surface area contributed by atoms with Gasteiger partial charge in [0, 0.05) is 12.3 Å². The fraction of sp³-hybridized carbons (Fsp3) is 0.158. The largest absolute Gasteiger partial charge is 0.328 e. The van der Waals surface area contributed by atoms with Crippen LogP contribution in [0, 0.1) is 5.82 Å². The minimum atomic E-state index is -0.354. The lowest BCUT2D eigenvalue weighted by Gasteiger charge is -2.12. The molecule has 0 spiro atoms. The smallest absolute Gasteiger partial charge is 0.261 e. The summed E-state index contributed by atoms with van der Waals surface area (Å²) < 4.78 is 14.4. The van der Waals surface area contributed by atoms with Crippen molar-refractivity contribution in [3.05, 3.63) is 65.5 Å². The van der Waals surface area contributed by atoms with Crippen LogP contribution >= 0.6 is 23.1 Å². The number of halogens is 1. The van der Waals surface area contributed by atoms with Crippen LogP contribution in [0.15, 0.2) is 52.9 Å². The third kappa shape index (κ3) is 3.76. The van der Waals surface area contributed by atoms with E-state index in [9.17, 15) is 14.0 Å². The van der Waals surface area contributed by atoms with Crippen LogP contribution in [0.5, 0.6) is 0 Å². The summed E-state index contributed by atoms with van der Waals surface area (Å²) in [6.07, 6.45) is 0.645. The molecule has 0 saturated heterocycles. The van der Waals surface area contributed by atoms with Crippen molar-refractivity contribution in [1.82, 2.24) is 15.1 Å². The van der Waals surface area contributed by atoms with Gasteiger partial charge in [-0.25, -0.2) is 4.39 Å². The maximum Gasteiger partial charge on any atom is 0.261 e. The van der Waals surface area contributed by atoms with Crippen molar-refractivity contribution < 1.29 is 14.0 Å². The average molecular weight is 414 g/mol. The Morgan fingerprint density at radius 2 is 1.68 bits per heavy atom. The number of hydrogen-bond donors (Lipinski definition) is 1. The molecule has 0 atom stereocenters. The zero-order chi connectivity index (χ0) is 19.5. The predicted molar refractivity (Wildman–Crippen MR) is 107 cm³/mol. The first-order valence-corrected chi connectivity index (χ1v) is 10.4. The predicted octanol–water partition coefficient (Wildman–Crippen LogP) is 4.20. The molecule has 1 aliphatic heterocycles. The molecule has 0 bridgehead atoms. The number of imide groups is 1. The van der Waals surface area contributed by atoms with E-state index in [0.717, 1.165) is 4.34 Å². The Hall–Kier alpha value is -2.78. The molecule has 0 saturated carbocycles. The van der Waals surface area contributed by atoms with E-state index in [-0.39, 0.29) is 17.6 Å². The molecule has 1 N–H and O–H groups in total. The van der Waals surface area contributed by atoms with Crippen LogP contribution < -0.4 is 5.32 Å². The molecule has 2 amide bonds. The van der Waals surface area contributed by atoms with Crippen LogP contribution in [0.3, 0.4) is 0 Å². The molecule has 28 heavy (non-hydrogen) atoms. The Balaban J connectivity index is 1.28. The van der Waals surface area contributed by atoms with Gasteiger partial charge in [-0.1, -0.05) is 47.4 Å². The first-order chi connectivity index (χ1) is 13.6. The molecule has 0 aliphatic carbocycles. The second-order valence-electron chi connectivity index (χ2n) is 5.99. The van der Waals surface area contributed by atoms with Crippen LogP contribution in [-0.4, -0.2) is 39.2 Å². The molecule has 1 aromatic heterocycles. The topological polar surface area (TPSA) is 75.2 Å². The van der Waals surface area contributed by atoms with Crippen molar-refractivity contribution in [3.63, 3.8) is 0 Å². The third-order valence-corrected chi connectivity index (χ3v) is 6.21. The lowest BCUT2D eigenvalue weighted by atomic mass is 10.1. The van der Waals surface area contributed by atoms with E-state index in [1.807, 2.05) is 0 Å². The third-order valence-electron chi connectivity index (χ3n) is 4.15. The number of fused-ring (bicyclic) bond motifs is 1. The van der Waals surface area contributed by atoms with Crippen molar-refractivity contribution in [2.45, 2.75) is 10.8 Å². The fourth-order valence-electron chi connectivity index (χ4n) is 2.82. The standard InChI is InChI=1S/C19H15FN4O2S2/c20-14-8-3-4-9-15(14)21-18-22-23-19(28-18)27-11-5-10-24-16(25)12-6-1-2-7-13(12)17(24)26/h1-4,6-9H,5,10-11H2,(H,21,22). The second-order valence-corrected chi connectivity index (χ2v) is 8.31.